The van der Waals surface area contributed by atoms with Crippen molar-refractivity contribution >= 4 is 23.4 Å². The highest BCUT2D eigenvalue weighted by Gasteiger charge is 2.24. The van der Waals surface area contributed by atoms with Crippen LogP contribution in [0.5, 0.6) is 0 Å². The summed E-state index contributed by atoms with van der Waals surface area (Å²) >= 11 is 0. The van der Waals surface area contributed by atoms with E-state index in [9.17, 15) is 19.7 Å². The minimum atomic E-state index is -1.14. The zero-order valence-electron chi connectivity index (χ0n) is 14.8. The fourth-order valence-corrected chi connectivity index (χ4v) is 2.50. The zero-order valence-corrected chi connectivity index (χ0v) is 14.8. The summed E-state index contributed by atoms with van der Waals surface area (Å²) < 4.78 is 9.82. The molecule has 1 aromatic heterocycles. The van der Waals surface area contributed by atoms with E-state index in [1.54, 1.807) is 12.1 Å². The number of hydrogen-bond acceptors (Lipinski definition) is 6. The van der Waals surface area contributed by atoms with E-state index in [0.717, 1.165) is 23.3 Å². The summed E-state index contributed by atoms with van der Waals surface area (Å²) in [6, 6.07) is 18.9. The van der Waals surface area contributed by atoms with Crippen molar-refractivity contribution in [2.45, 2.75) is 13.0 Å². The molecule has 8 heteroatoms. The van der Waals surface area contributed by atoms with Gasteiger partial charge in [0.1, 0.15) is 4.92 Å². The number of nitro groups is 1. The van der Waals surface area contributed by atoms with Crippen LogP contribution in [0.2, 0.25) is 0 Å². The van der Waals surface area contributed by atoms with Gasteiger partial charge in [-0.25, -0.2) is 4.79 Å². The number of anilines is 1. The van der Waals surface area contributed by atoms with Crippen LogP contribution in [-0.4, -0.2) is 22.9 Å². The van der Waals surface area contributed by atoms with E-state index >= 15 is 0 Å². The van der Waals surface area contributed by atoms with Gasteiger partial charge in [-0.2, -0.15) is 0 Å². The maximum Gasteiger partial charge on any atom is 0.433 e. The number of esters is 1. The van der Waals surface area contributed by atoms with Crippen LogP contribution in [0.3, 0.4) is 0 Å². The number of nitrogens with zero attached hydrogens (tertiary/aromatic N) is 1. The number of para-hydroxylation sites is 1. The minimum absolute atomic E-state index is 0.351. The number of nitrogens with one attached hydrogen (secondary N) is 1. The number of carbonyl (C=O) groups is 2. The maximum atomic E-state index is 12.4. The second kappa shape index (κ2) is 8.17. The first-order valence-corrected chi connectivity index (χ1v) is 8.36. The van der Waals surface area contributed by atoms with Gasteiger partial charge in [0.25, 0.3) is 5.91 Å². The molecule has 0 spiro atoms. The molecule has 3 rings (SSSR count). The lowest BCUT2D eigenvalue weighted by atomic mass is 10.0. The molecule has 142 valence electrons. The Morgan fingerprint density at radius 3 is 2.39 bits per heavy atom. The van der Waals surface area contributed by atoms with Gasteiger partial charge in [0.05, 0.1) is 6.07 Å². The number of furan rings is 1. The molecule has 0 saturated heterocycles. The molecule has 1 N–H and O–H groups in total. The van der Waals surface area contributed by atoms with E-state index in [1.807, 2.05) is 42.5 Å². The smallest absolute Gasteiger partial charge is 0.433 e. The molecule has 0 radical (unpaired) electrons. The third-order valence-electron chi connectivity index (χ3n) is 3.90. The number of rotatable bonds is 6. The molecule has 0 fully saturated rings. The lowest BCUT2D eigenvalue weighted by Gasteiger charge is -2.15. The Kier molecular flexibility index (Phi) is 5.50. The van der Waals surface area contributed by atoms with Crippen molar-refractivity contribution in [1.82, 2.24) is 0 Å². The molecule has 1 heterocycles. The number of carbonyl (C=O) groups excluding carboxylic acids is 2. The Balaban J connectivity index is 1.69. The molecule has 0 unspecified atom stereocenters. The van der Waals surface area contributed by atoms with Gasteiger partial charge >= 0.3 is 11.9 Å². The number of amides is 1. The molecule has 2 aromatic carbocycles. The second-order valence-electron chi connectivity index (χ2n) is 5.84. The average Bonchev–Trinajstić information content (AvgIpc) is 3.20. The average molecular weight is 380 g/mol. The molecule has 1 amide bonds. The van der Waals surface area contributed by atoms with Crippen molar-refractivity contribution in [1.29, 1.82) is 0 Å². The second-order valence-corrected chi connectivity index (χ2v) is 5.84. The van der Waals surface area contributed by atoms with E-state index < -0.39 is 28.8 Å². The van der Waals surface area contributed by atoms with Crippen LogP contribution in [0.1, 0.15) is 17.5 Å². The van der Waals surface area contributed by atoms with Gasteiger partial charge < -0.3 is 14.5 Å². The molecule has 0 saturated carbocycles. The number of ether oxygens (including phenoxy) is 1. The summed E-state index contributed by atoms with van der Waals surface area (Å²) in [5.41, 5.74) is 2.30. The van der Waals surface area contributed by atoms with Crippen LogP contribution in [0.15, 0.2) is 71.1 Å². The third-order valence-corrected chi connectivity index (χ3v) is 3.90. The van der Waals surface area contributed by atoms with Gasteiger partial charge in [-0.15, -0.1) is 0 Å². The fourth-order valence-electron chi connectivity index (χ4n) is 2.50. The standard InChI is InChI=1S/C20H16N2O6/c1-13(27-20(24)17-11-12-18(28-17)22(25)26)19(23)21-16-10-6-5-9-15(16)14-7-3-2-4-8-14/h2-13H,1H3,(H,21,23)/t13-/m0/s1. The van der Waals surface area contributed by atoms with Crippen LogP contribution in [-0.2, 0) is 9.53 Å². The van der Waals surface area contributed by atoms with E-state index in [2.05, 4.69) is 5.32 Å². The first kappa shape index (κ1) is 18.8. The van der Waals surface area contributed by atoms with E-state index in [0.29, 0.717) is 5.69 Å². The maximum absolute atomic E-state index is 12.4. The molecule has 0 aliphatic heterocycles. The van der Waals surface area contributed by atoms with E-state index in [4.69, 9.17) is 9.15 Å². The van der Waals surface area contributed by atoms with Crippen LogP contribution < -0.4 is 5.32 Å². The fraction of sp³-hybridized carbons (Fsp3) is 0.100. The Labute approximate surface area is 159 Å². The lowest BCUT2D eigenvalue weighted by Crippen LogP contribution is -2.30. The number of benzene rings is 2. The van der Waals surface area contributed by atoms with Crippen LogP contribution in [0.25, 0.3) is 11.1 Å². The molecular formula is C20H16N2O6. The van der Waals surface area contributed by atoms with Gasteiger partial charge in [0.15, 0.2) is 6.10 Å². The quantitative estimate of drug-likeness (QED) is 0.392. The highest BCUT2D eigenvalue weighted by Crippen LogP contribution is 2.27. The summed E-state index contributed by atoms with van der Waals surface area (Å²) in [6.07, 6.45) is -1.14. The molecule has 0 aliphatic carbocycles. The van der Waals surface area contributed by atoms with Crippen molar-refractivity contribution in [3.8, 4) is 11.1 Å². The molecule has 28 heavy (non-hydrogen) atoms. The largest absolute Gasteiger partial charge is 0.447 e. The van der Waals surface area contributed by atoms with Gasteiger partial charge in [0.2, 0.25) is 5.76 Å². The molecular weight excluding hydrogens is 364 g/mol. The SMILES string of the molecule is C[C@H](OC(=O)c1ccc([N+](=O)[O-])o1)C(=O)Nc1ccccc1-c1ccccc1. The predicted molar refractivity (Wildman–Crippen MR) is 101 cm³/mol. The van der Waals surface area contributed by atoms with Gasteiger partial charge in [-0.05, 0) is 24.6 Å². The molecule has 1 atom stereocenters. The monoisotopic (exact) mass is 380 g/mol. The van der Waals surface area contributed by atoms with Gasteiger partial charge in [-0.1, -0.05) is 48.5 Å². The van der Waals surface area contributed by atoms with Crippen molar-refractivity contribution in [2.24, 2.45) is 0 Å². The van der Waals surface area contributed by atoms with E-state index in [1.165, 1.54) is 6.92 Å². The summed E-state index contributed by atoms with van der Waals surface area (Å²) in [4.78, 5) is 34.3. The van der Waals surface area contributed by atoms with Crippen LogP contribution in [0, 0.1) is 10.1 Å². The Morgan fingerprint density at radius 2 is 1.71 bits per heavy atom. The summed E-state index contributed by atoms with van der Waals surface area (Å²) in [6.45, 7) is 1.40. The normalized spacial score (nSPS) is 11.5. The van der Waals surface area contributed by atoms with Gasteiger partial charge in [-0.3, -0.25) is 14.9 Å². The van der Waals surface area contributed by atoms with Crippen molar-refractivity contribution < 1.29 is 23.7 Å². The minimum Gasteiger partial charge on any atom is -0.447 e. The Hall–Kier alpha value is -3.94. The Morgan fingerprint density at radius 1 is 1.04 bits per heavy atom. The van der Waals surface area contributed by atoms with Gasteiger partial charge in [0, 0.05) is 11.3 Å². The predicted octanol–water partition coefficient (Wildman–Crippen LogP) is 4.04. The highest BCUT2D eigenvalue weighted by molar-refractivity contribution is 5.99. The first-order chi connectivity index (χ1) is 13.5. The summed E-state index contributed by atoms with van der Waals surface area (Å²) in [7, 11) is 0. The molecule has 0 bridgehead atoms. The van der Waals surface area contributed by atoms with Crippen molar-refractivity contribution in [3.63, 3.8) is 0 Å². The lowest BCUT2D eigenvalue weighted by molar-refractivity contribution is -0.402. The topological polar surface area (TPSA) is 112 Å². The Bertz CT molecular complexity index is 1010. The summed E-state index contributed by atoms with van der Waals surface area (Å²) in [5, 5.41) is 13.3. The summed E-state index contributed by atoms with van der Waals surface area (Å²) in [5.74, 6) is -2.44. The molecule has 3 aromatic rings. The van der Waals surface area contributed by atoms with Crippen LogP contribution in [0.4, 0.5) is 11.6 Å². The van der Waals surface area contributed by atoms with Crippen molar-refractivity contribution in [2.75, 3.05) is 5.32 Å². The number of hydrogen-bond donors (Lipinski definition) is 1. The zero-order chi connectivity index (χ0) is 20.1. The van der Waals surface area contributed by atoms with E-state index in [-0.39, 0.29) is 5.76 Å². The van der Waals surface area contributed by atoms with Crippen LogP contribution >= 0.6 is 0 Å². The third kappa shape index (κ3) is 4.24. The first-order valence-electron chi connectivity index (χ1n) is 8.36. The highest BCUT2D eigenvalue weighted by atomic mass is 16.7. The molecule has 0 aliphatic rings. The molecule has 8 nitrogen and oxygen atoms in total. The van der Waals surface area contributed by atoms with Crippen molar-refractivity contribution in [3.05, 3.63) is 82.6 Å².